The van der Waals surface area contributed by atoms with Crippen molar-refractivity contribution in [1.29, 1.82) is 0 Å². The van der Waals surface area contributed by atoms with Gasteiger partial charge in [-0.25, -0.2) is 0 Å². The van der Waals surface area contributed by atoms with Crippen LogP contribution in [0.2, 0.25) is 0 Å². The van der Waals surface area contributed by atoms with Gasteiger partial charge in [0, 0.05) is 59.5 Å². The van der Waals surface area contributed by atoms with Gasteiger partial charge in [0.05, 0.1) is 37.2 Å². The largest absolute Gasteiger partial charge is 1.00 e. The van der Waals surface area contributed by atoms with Gasteiger partial charge in [-0.2, -0.15) is 0 Å². The Kier molecular flexibility index (Phi) is 130. The summed E-state index contributed by atoms with van der Waals surface area (Å²) in [6.45, 7) is -10.1. The van der Waals surface area contributed by atoms with Gasteiger partial charge >= 0.3 is 318 Å². The third kappa shape index (κ3) is 78.3. The number of thiocarbonyl (C=S) groups is 5. The van der Waals surface area contributed by atoms with Crippen molar-refractivity contribution in [2.24, 2.45) is 0 Å². The second-order valence-electron chi connectivity index (χ2n) is 9.09. The van der Waals surface area contributed by atoms with Crippen molar-refractivity contribution in [3.05, 3.63) is 0 Å². The molecule has 0 saturated heterocycles. The van der Waals surface area contributed by atoms with E-state index >= 15 is 0 Å². The number of ether oxygens (including phenoxy) is 3. The summed E-state index contributed by atoms with van der Waals surface area (Å²) in [5, 5.41) is 0. The average Bonchev–Trinajstić information content (AvgIpc) is 3.31. The molecule has 27 nitrogen and oxygen atoms in total. The Balaban J connectivity index is -0.0000000368. The zero-order valence-corrected chi connectivity index (χ0v) is 86.8. The quantitative estimate of drug-likeness (QED) is 0.0501. The predicted molar refractivity (Wildman–Crippen MR) is 304 cm³/mol. The van der Waals surface area contributed by atoms with Crippen LogP contribution in [0.5, 0.6) is 0 Å². The van der Waals surface area contributed by atoms with Crippen LogP contribution in [0.1, 0.15) is 16.6 Å². The number of carbonyl (C=O) groups is 3. The molecule has 0 aromatic heterocycles. The Morgan fingerprint density at radius 3 is 0.805 bits per heavy atom. The predicted octanol–water partition coefficient (Wildman–Crippen LogP) is -23.8. The van der Waals surface area contributed by atoms with Crippen molar-refractivity contribution in [1.82, 2.24) is 0 Å². The van der Waals surface area contributed by atoms with Crippen LogP contribution in [0.3, 0.4) is 0 Å². The number of rotatable bonds is 19. The Morgan fingerprint density at radius 1 is 0.463 bits per heavy atom. The van der Waals surface area contributed by atoms with E-state index in [1.165, 1.54) is 95.9 Å². The Morgan fingerprint density at radius 2 is 0.720 bits per heavy atom. The summed E-state index contributed by atoms with van der Waals surface area (Å²) in [6, 6.07) is 0. The summed E-state index contributed by atoms with van der Waals surface area (Å²) in [5.74, 6) is 0. The molecule has 5 atom stereocenters. The summed E-state index contributed by atoms with van der Waals surface area (Å²) in [7, 11) is -6.40. The van der Waals surface area contributed by atoms with Gasteiger partial charge in [0.2, 0.25) is 17.2 Å². The van der Waals surface area contributed by atoms with E-state index in [1.807, 2.05) is 0 Å². The monoisotopic (exact) mass is 1660 g/mol. The molecule has 0 heterocycles. The fraction of sp³-hybridized carbons (Fsp3) is 0.667. The van der Waals surface area contributed by atoms with Crippen molar-refractivity contribution in [3.63, 3.8) is 0 Å². The van der Waals surface area contributed by atoms with Crippen molar-refractivity contribution in [2.45, 2.75) is 13.8 Å². The molecule has 0 N–H and O–H groups in total. The van der Waals surface area contributed by atoms with Crippen molar-refractivity contribution >= 4 is 253 Å². The third-order valence-electron chi connectivity index (χ3n) is 4.83. The van der Waals surface area contributed by atoms with Crippen LogP contribution in [0.4, 0.5) is 14.4 Å². The molecule has 0 aliphatic rings. The topological polar surface area (TPSA) is 397 Å². The maximum Gasteiger partial charge on any atom is 1.00 e. The van der Waals surface area contributed by atoms with E-state index in [2.05, 4.69) is 140 Å². The maximum absolute atomic E-state index is 11.7. The van der Waals surface area contributed by atoms with E-state index in [-0.39, 0.29) is 309 Å². The molecule has 0 fully saturated rings. The first-order valence-electron chi connectivity index (χ1n) is 17.1. The molecular weight excluding hydrogens is 1610 g/mol. The standard InChI is InChI=1S/C6H13O4PS.C4H9O4PS.2C4H9O3PS2.C3H7O4PS.CH3O4PS.CH3O3PS2.CH3O2PS3.10Na/c1-4-9-11(8,10-5-2)6(7)12-3;1-6-4(10)9(5,7-2)8-3;1-6-8(5,7-2)4(9)10-3;1-5-4(9)8(10,6-2)7-3;1-6-3(9)8(4,5)7-2;2-1(7)6(3,4)5;2-1(6)5(3,4)7;2-4(3,7)1(5)6;;;;;;;;;;/h4-5H2,1-3H3;3*1-3H3;1-2H3,(H,4,5);(H,2,7)(H2,3,4,5);(H,2,6)(H2,3,4,7);(H,5,6)(H2,2,3,7);;;;;;;;;;/q;;;;;;;;10*+1/p-10/i4D,5D;;;;;;;;;;;;;;;;;. The molecule has 0 rings (SSSR count). The minimum absolute atomic E-state index is 0. The van der Waals surface area contributed by atoms with E-state index in [9.17, 15) is 70.8 Å². The summed E-state index contributed by atoms with van der Waals surface area (Å²) >= 11 is 48.0. The van der Waals surface area contributed by atoms with E-state index in [1.54, 1.807) is 6.26 Å². The molecule has 82 heavy (non-hydrogen) atoms. The molecule has 0 saturated carbocycles. The first-order valence-corrected chi connectivity index (χ1v) is 37.3. The minimum Gasteiger partial charge on any atom is -0.815 e. The smallest absolute Gasteiger partial charge is 0.815 e. The maximum atomic E-state index is 11.7. The van der Waals surface area contributed by atoms with Crippen LogP contribution >= 0.6 is 142 Å². The molecule has 5 unspecified atom stereocenters. The van der Waals surface area contributed by atoms with Crippen LogP contribution in [0, 0.1) is 0 Å². The Hall–Kier alpha value is 12.6. The molecule has 0 aliphatic heterocycles. The van der Waals surface area contributed by atoms with Crippen LogP contribution in [-0.4, -0.2) is 134 Å². The molecule has 0 amide bonds. The van der Waals surface area contributed by atoms with Gasteiger partial charge < -0.3 is 177 Å². The first kappa shape index (κ1) is 134. The number of thioether (sulfide) groups is 2. The minimum atomic E-state index is -5.06. The van der Waals surface area contributed by atoms with Crippen LogP contribution in [-0.2, 0) is 161 Å². The van der Waals surface area contributed by atoms with E-state index in [0.717, 1.165) is 7.11 Å². The fourth-order valence-electron chi connectivity index (χ4n) is 1.69. The Labute approximate surface area is 772 Å². The zero-order valence-electron chi connectivity index (χ0n) is 51.1. The normalized spacial score (nSPS) is 13.3. The summed E-state index contributed by atoms with van der Waals surface area (Å²) < 4.78 is 142. The van der Waals surface area contributed by atoms with E-state index in [4.69, 9.17) is 52.8 Å². The molecule has 0 spiro atoms. The van der Waals surface area contributed by atoms with Gasteiger partial charge in [0.25, 0.3) is 16.1 Å². The zero-order chi connectivity index (χ0) is 61.7. The SMILES string of the molecule is COC(=S)P(=O)(OC)OC.COC(=S)P(=O)([O-])OC.COC(=S)P(=S)(OC)OC.COP(=O)(OC)C(=S)SC.O=C([S-])P(=O)([O-])[O-].O=C([S-])P(=O)([O-])[S-].O=P([O-])([S-])C(=S)[S-].[2H]C(C)OP(=O)(OC([2H])C)C(=O)SC.[Na+].[Na+].[Na+].[Na+].[Na+].[Na+].[Na+].[Na+].[Na+].[Na+]. The van der Waals surface area contributed by atoms with E-state index < -0.39 is 94.1 Å². The number of carbonyl (C=O) groups excluding carboxylic acids is 3. The molecule has 0 bridgehead atoms. The molecule has 0 aromatic rings. The number of hydrogen-bond donors (Lipinski definition) is 0. The number of hydrogen-bond acceptors (Lipinski definition) is 40. The molecule has 0 aromatic carbocycles. The van der Waals surface area contributed by atoms with Crippen molar-refractivity contribution in [2.75, 3.05) is 96.8 Å². The van der Waals surface area contributed by atoms with Gasteiger partial charge in [0.1, 0.15) is 0 Å². The molecule has 58 heteroatoms. The molecule has 0 aliphatic carbocycles. The molecule has 0 radical (unpaired) electrons. The molecule has 432 valence electrons. The summed E-state index contributed by atoms with van der Waals surface area (Å²) in [6.07, 6.45) is 3.16. The third-order valence-corrected chi connectivity index (χ3v) is 26.8. The van der Waals surface area contributed by atoms with Gasteiger partial charge in [-0.3, -0.25) is 23.1 Å². The summed E-state index contributed by atoms with van der Waals surface area (Å²) in [4.78, 5) is 74.7. The second kappa shape index (κ2) is 79.3. The van der Waals surface area contributed by atoms with Gasteiger partial charge in [-0.05, 0) is 82.4 Å². The van der Waals surface area contributed by atoms with Crippen molar-refractivity contribution in [3.8, 4) is 0 Å². The second-order valence-corrected chi connectivity index (χ2v) is 35.9. The van der Waals surface area contributed by atoms with Crippen molar-refractivity contribution < 1.29 is 424 Å². The molecular formula is C24H46Na10O27P8S13. The van der Waals surface area contributed by atoms with Gasteiger partial charge in [-0.15, -0.1) is 22.3 Å². The van der Waals surface area contributed by atoms with Gasteiger partial charge in [-0.1, -0.05) is 30.6 Å². The van der Waals surface area contributed by atoms with E-state index in [0.29, 0.717) is 11.8 Å². The Bertz CT molecular complexity index is 2020. The van der Waals surface area contributed by atoms with Crippen LogP contribution in [0.25, 0.3) is 0 Å². The van der Waals surface area contributed by atoms with Gasteiger partial charge in [0.15, 0.2) is 3.94 Å². The average molecular weight is 1660 g/mol. The first-order chi connectivity index (χ1) is 33.0. The number of methoxy groups -OCH3 is 3. The van der Waals surface area contributed by atoms with Crippen LogP contribution in [0.15, 0.2) is 0 Å². The summed E-state index contributed by atoms with van der Waals surface area (Å²) in [5.41, 5.74) is 0. The van der Waals surface area contributed by atoms with Crippen LogP contribution < -0.4 is 320 Å². The fourth-order valence-corrected chi connectivity index (χ4v) is 8.91.